The van der Waals surface area contributed by atoms with Gasteiger partial charge in [-0.25, -0.2) is 4.79 Å². The first-order valence-electron chi connectivity index (χ1n) is 4.03. The van der Waals surface area contributed by atoms with Gasteiger partial charge < -0.3 is 11.1 Å². The van der Waals surface area contributed by atoms with E-state index in [1.54, 1.807) is 13.0 Å². The number of nitrogens with two attached hydrogens (primary N) is 1. The van der Waals surface area contributed by atoms with E-state index in [4.69, 9.17) is 5.73 Å². The zero-order valence-electron chi connectivity index (χ0n) is 7.91. The highest BCUT2D eigenvalue weighted by Gasteiger charge is 2.14. The number of hydrogen-bond acceptors (Lipinski definition) is 3. The number of nitrogens with one attached hydrogen (secondary N) is 1. The number of hydrogen-bond donors (Lipinski definition) is 2. The Morgan fingerprint density at radius 1 is 1.54 bits per heavy atom. The molecule has 0 rings (SSSR count). The number of rotatable bonds is 3. The maximum atomic E-state index is 11.2. The molecule has 0 unspecified atom stereocenters. The van der Waals surface area contributed by atoms with Gasteiger partial charge in [-0.05, 0) is 6.92 Å². The molecule has 74 valence electrons. The third-order valence-corrected chi connectivity index (χ3v) is 1.35. The second-order valence-electron chi connectivity index (χ2n) is 2.41. The zero-order chi connectivity index (χ0) is 10.3. The van der Waals surface area contributed by atoms with Crippen LogP contribution in [0.1, 0.15) is 13.8 Å². The van der Waals surface area contributed by atoms with Crippen LogP contribution >= 0.6 is 0 Å². The Bertz CT molecular complexity index is 213. The summed E-state index contributed by atoms with van der Waals surface area (Å²) >= 11 is 0. The van der Waals surface area contributed by atoms with E-state index in [0.717, 1.165) is 4.90 Å². The van der Waals surface area contributed by atoms with E-state index in [2.05, 4.69) is 5.32 Å². The molecule has 0 spiro atoms. The van der Waals surface area contributed by atoms with Gasteiger partial charge in [0, 0.05) is 26.2 Å². The molecule has 13 heavy (non-hydrogen) atoms. The van der Waals surface area contributed by atoms with E-state index in [1.807, 2.05) is 0 Å². The summed E-state index contributed by atoms with van der Waals surface area (Å²) in [6.07, 6.45) is 3.13. The van der Waals surface area contributed by atoms with Crippen molar-refractivity contribution in [3.8, 4) is 0 Å². The minimum absolute atomic E-state index is 0.235. The van der Waals surface area contributed by atoms with Gasteiger partial charge in [-0.2, -0.15) is 0 Å². The van der Waals surface area contributed by atoms with Crippen molar-refractivity contribution < 1.29 is 9.59 Å². The molecular weight excluding hydrogens is 170 g/mol. The van der Waals surface area contributed by atoms with Crippen LogP contribution in [0.2, 0.25) is 0 Å². The van der Waals surface area contributed by atoms with Crippen molar-refractivity contribution in [2.24, 2.45) is 5.73 Å². The van der Waals surface area contributed by atoms with Gasteiger partial charge in [0.15, 0.2) is 0 Å². The van der Waals surface area contributed by atoms with E-state index in [-0.39, 0.29) is 19.0 Å². The van der Waals surface area contributed by atoms with Crippen molar-refractivity contribution >= 4 is 11.9 Å². The molecule has 0 aromatic heterocycles. The third kappa shape index (κ3) is 4.27. The van der Waals surface area contributed by atoms with Crippen LogP contribution in [-0.4, -0.2) is 29.9 Å². The summed E-state index contributed by atoms with van der Waals surface area (Å²) in [5.74, 6) is -0.313. The molecule has 3 amide bonds. The molecule has 0 radical (unpaired) electrons. The van der Waals surface area contributed by atoms with Crippen LogP contribution in [0, 0.1) is 0 Å². The molecule has 0 heterocycles. The Balaban J connectivity index is 4.19. The maximum Gasteiger partial charge on any atom is 0.328 e. The Morgan fingerprint density at radius 2 is 2.15 bits per heavy atom. The second-order valence-corrected chi connectivity index (χ2v) is 2.41. The minimum Gasteiger partial charge on any atom is -0.329 e. The molecule has 3 N–H and O–H groups in total. The molecule has 5 heteroatoms. The van der Waals surface area contributed by atoms with E-state index in [0.29, 0.717) is 0 Å². The quantitative estimate of drug-likeness (QED) is 0.651. The number of urea groups is 1. The fraction of sp³-hybridized carbons (Fsp3) is 0.500. The van der Waals surface area contributed by atoms with Crippen LogP contribution in [0.25, 0.3) is 0 Å². The molecular formula is C8H15N3O2. The summed E-state index contributed by atoms with van der Waals surface area (Å²) < 4.78 is 0. The number of amides is 3. The summed E-state index contributed by atoms with van der Waals surface area (Å²) in [6.45, 7) is 3.59. The molecule has 0 saturated heterocycles. The van der Waals surface area contributed by atoms with Crippen molar-refractivity contribution in [2.45, 2.75) is 13.8 Å². The normalized spacial score (nSPS) is 10.1. The highest BCUT2D eigenvalue weighted by atomic mass is 16.2. The molecule has 0 atom stereocenters. The number of carbonyl (C=O) groups excluding carboxylic acids is 2. The largest absolute Gasteiger partial charge is 0.329 e. The Labute approximate surface area is 77.6 Å². The van der Waals surface area contributed by atoms with Gasteiger partial charge in [0.1, 0.15) is 0 Å². The van der Waals surface area contributed by atoms with Gasteiger partial charge in [-0.3, -0.25) is 9.69 Å². The van der Waals surface area contributed by atoms with E-state index < -0.39 is 6.03 Å². The van der Waals surface area contributed by atoms with Crippen molar-refractivity contribution in [1.82, 2.24) is 10.2 Å². The van der Waals surface area contributed by atoms with Crippen LogP contribution < -0.4 is 11.1 Å². The number of allylic oxidation sites excluding steroid dienone is 1. The SMILES string of the molecule is C/C=C/NC(=O)N(CCN)C(C)=O. The smallest absolute Gasteiger partial charge is 0.328 e. The first-order chi connectivity index (χ1) is 6.13. The predicted molar refractivity (Wildman–Crippen MR) is 49.8 cm³/mol. The average Bonchev–Trinajstić information content (AvgIpc) is 2.09. The van der Waals surface area contributed by atoms with Crippen molar-refractivity contribution in [2.75, 3.05) is 13.1 Å². The van der Waals surface area contributed by atoms with Crippen LogP contribution in [-0.2, 0) is 4.79 Å². The van der Waals surface area contributed by atoms with Gasteiger partial charge in [-0.15, -0.1) is 0 Å². The van der Waals surface area contributed by atoms with Gasteiger partial charge in [0.2, 0.25) is 5.91 Å². The molecule has 0 fully saturated rings. The lowest BCUT2D eigenvalue weighted by molar-refractivity contribution is -0.125. The summed E-state index contributed by atoms with van der Waals surface area (Å²) in [7, 11) is 0. The summed E-state index contributed by atoms with van der Waals surface area (Å²) in [6, 6.07) is -0.448. The van der Waals surface area contributed by atoms with Gasteiger partial charge in [0.05, 0.1) is 0 Å². The van der Waals surface area contributed by atoms with Gasteiger partial charge in [-0.1, -0.05) is 6.08 Å². The highest BCUT2D eigenvalue weighted by Crippen LogP contribution is 1.89. The van der Waals surface area contributed by atoms with Crippen molar-refractivity contribution in [1.29, 1.82) is 0 Å². The maximum absolute atomic E-state index is 11.2. The fourth-order valence-electron chi connectivity index (χ4n) is 0.764. The second kappa shape index (κ2) is 6.19. The third-order valence-electron chi connectivity index (χ3n) is 1.35. The lowest BCUT2D eigenvalue weighted by Crippen LogP contribution is -2.43. The fourth-order valence-corrected chi connectivity index (χ4v) is 0.764. The average molecular weight is 185 g/mol. The lowest BCUT2D eigenvalue weighted by Gasteiger charge is -2.17. The number of carbonyl (C=O) groups is 2. The topological polar surface area (TPSA) is 75.4 Å². The molecule has 5 nitrogen and oxygen atoms in total. The molecule has 0 aliphatic heterocycles. The van der Waals surface area contributed by atoms with Crippen molar-refractivity contribution in [3.63, 3.8) is 0 Å². The first-order valence-corrected chi connectivity index (χ1v) is 4.03. The molecule has 0 saturated carbocycles. The minimum atomic E-state index is -0.448. The van der Waals surface area contributed by atoms with E-state index in [1.165, 1.54) is 13.1 Å². The molecule has 0 aromatic rings. The Kier molecular flexibility index (Phi) is 5.54. The predicted octanol–water partition coefficient (Wildman–Crippen LogP) is 0.0368. The summed E-state index contributed by atoms with van der Waals surface area (Å²) in [5, 5.41) is 2.43. The van der Waals surface area contributed by atoms with Gasteiger partial charge >= 0.3 is 6.03 Å². The summed E-state index contributed by atoms with van der Waals surface area (Å²) in [4.78, 5) is 23.2. The monoisotopic (exact) mass is 185 g/mol. The van der Waals surface area contributed by atoms with Crippen LogP contribution in [0.3, 0.4) is 0 Å². The lowest BCUT2D eigenvalue weighted by atomic mass is 10.5. The number of imide groups is 1. The number of nitrogens with zero attached hydrogens (tertiary/aromatic N) is 1. The van der Waals surface area contributed by atoms with Gasteiger partial charge in [0.25, 0.3) is 0 Å². The molecule has 0 aliphatic rings. The molecule has 0 bridgehead atoms. The Morgan fingerprint density at radius 3 is 2.54 bits per heavy atom. The first kappa shape index (κ1) is 11.6. The Hall–Kier alpha value is -1.36. The van der Waals surface area contributed by atoms with Crippen LogP contribution in [0.15, 0.2) is 12.3 Å². The van der Waals surface area contributed by atoms with E-state index in [9.17, 15) is 9.59 Å². The zero-order valence-corrected chi connectivity index (χ0v) is 7.91. The van der Waals surface area contributed by atoms with E-state index >= 15 is 0 Å². The summed E-state index contributed by atoms with van der Waals surface area (Å²) in [5.41, 5.74) is 5.24. The highest BCUT2D eigenvalue weighted by molar-refractivity contribution is 5.93. The van der Waals surface area contributed by atoms with Crippen LogP contribution in [0.5, 0.6) is 0 Å². The molecule has 0 aliphatic carbocycles. The van der Waals surface area contributed by atoms with Crippen molar-refractivity contribution in [3.05, 3.63) is 12.3 Å². The molecule has 0 aromatic carbocycles. The standard InChI is InChI=1S/C8H15N3O2/c1-3-5-10-8(13)11(6-4-9)7(2)12/h3,5H,4,6,9H2,1-2H3,(H,10,13)/b5-3+. The van der Waals surface area contributed by atoms with Crippen LogP contribution in [0.4, 0.5) is 4.79 Å².